The molecular weight excluding hydrogens is 404 g/mol. The molecule has 0 radical (unpaired) electrons. The summed E-state index contributed by atoms with van der Waals surface area (Å²) in [6.45, 7) is 3.35. The molecule has 8 nitrogen and oxygen atoms in total. The summed E-state index contributed by atoms with van der Waals surface area (Å²) in [7, 11) is 0. The van der Waals surface area contributed by atoms with E-state index in [0.29, 0.717) is 22.7 Å². The zero-order valence-electron chi connectivity index (χ0n) is 17.8. The minimum atomic E-state index is -1.20. The van der Waals surface area contributed by atoms with E-state index in [1.54, 1.807) is 32.1 Å². The summed E-state index contributed by atoms with van der Waals surface area (Å²) in [5.74, 6) is -0.720. The number of benzodiazepines with no additional fused rings is 1. The summed E-state index contributed by atoms with van der Waals surface area (Å²) in [6, 6.07) is 16.5. The average Bonchev–Trinajstić information content (AvgIpc) is 2.91. The number of nitrogens with two attached hydrogens (primary N) is 1. The number of rotatable bonds is 5. The minimum Gasteiger partial charge on any atom is -0.407 e. The maximum Gasteiger partial charge on any atom is 0.291 e. The van der Waals surface area contributed by atoms with Gasteiger partial charge in [0.25, 0.3) is 11.9 Å². The fourth-order valence-corrected chi connectivity index (χ4v) is 2.99. The zero-order valence-corrected chi connectivity index (χ0v) is 17.8. The number of fused-ring (bicyclic) bond motifs is 1. The summed E-state index contributed by atoms with van der Waals surface area (Å²) >= 11 is 0. The van der Waals surface area contributed by atoms with E-state index in [9.17, 15) is 4.79 Å². The molecule has 1 unspecified atom stereocenters. The van der Waals surface area contributed by atoms with E-state index in [4.69, 9.17) is 21.3 Å². The predicted molar refractivity (Wildman–Crippen MR) is 128 cm³/mol. The molecule has 8 heteroatoms. The second-order valence-electron chi connectivity index (χ2n) is 6.91. The van der Waals surface area contributed by atoms with Gasteiger partial charge in [-0.2, -0.15) is 4.99 Å². The molecule has 1 amide bonds. The van der Waals surface area contributed by atoms with Crippen LogP contribution in [0.3, 0.4) is 0 Å². The molecule has 1 heterocycles. The van der Waals surface area contributed by atoms with Crippen LogP contribution >= 0.6 is 0 Å². The first-order chi connectivity index (χ1) is 15.4. The number of aliphatic imine (C=N–C) groups is 2. The van der Waals surface area contributed by atoms with Gasteiger partial charge in [-0.3, -0.25) is 10.2 Å². The van der Waals surface area contributed by atoms with Gasteiger partial charge in [0.05, 0.1) is 11.4 Å². The molecule has 3 rings (SSSR count). The maximum atomic E-state index is 12.8. The highest BCUT2D eigenvalue weighted by Crippen LogP contribution is 2.24. The standard InChI is InChI=1S/C24H24N6O2/c1-3-16(14-13-15(2)25)21(26)32-24(27)30-22-23(31)28-19-12-8-7-11-18(19)20(29-22)17-9-5-4-6-10-17/h3-14,22,25-26H,1-2H3,(H2,27,30)(H,28,31)/b14-13-,16-3-,25-15?,26-21?. The highest BCUT2D eigenvalue weighted by Gasteiger charge is 2.26. The number of benzene rings is 2. The Labute approximate surface area is 186 Å². The first-order valence-electron chi connectivity index (χ1n) is 9.92. The average molecular weight is 428 g/mol. The number of amides is 1. The second-order valence-corrected chi connectivity index (χ2v) is 6.91. The number of amidine groups is 1. The lowest BCUT2D eigenvalue weighted by molar-refractivity contribution is -0.117. The predicted octanol–water partition coefficient (Wildman–Crippen LogP) is 3.65. The maximum absolute atomic E-state index is 12.8. The molecule has 32 heavy (non-hydrogen) atoms. The number of nitrogens with zero attached hydrogens (tertiary/aromatic N) is 2. The Morgan fingerprint density at radius 3 is 2.50 bits per heavy atom. The van der Waals surface area contributed by atoms with Crippen molar-refractivity contribution in [1.82, 2.24) is 0 Å². The first kappa shape index (κ1) is 22.4. The van der Waals surface area contributed by atoms with Crippen molar-refractivity contribution in [1.29, 1.82) is 10.8 Å². The number of carbonyl (C=O) groups excluding carboxylic acids is 1. The van der Waals surface area contributed by atoms with Crippen molar-refractivity contribution < 1.29 is 9.53 Å². The van der Waals surface area contributed by atoms with Crippen LogP contribution in [0, 0.1) is 10.8 Å². The highest BCUT2D eigenvalue weighted by molar-refractivity contribution is 6.19. The lowest BCUT2D eigenvalue weighted by atomic mass is 10.0. The van der Waals surface area contributed by atoms with Crippen LogP contribution in [0.4, 0.5) is 5.69 Å². The second kappa shape index (κ2) is 10.1. The molecule has 2 aromatic carbocycles. The van der Waals surface area contributed by atoms with Gasteiger partial charge in [0, 0.05) is 22.4 Å². The molecule has 0 aliphatic carbocycles. The molecule has 0 aromatic heterocycles. The summed E-state index contributed by atoms with van der Waals surface area (Å²) in [5.41, 5.74) is 9.45. The van der Waals surface area contributed by atoms with Gasteiger partial charge in [0.15, 0.2) is 0 Å². The Balaban J connectivity index is 1.93. The van der Waals surface area contributed by atoms with Crippen LogP contribution in [0.15, 0.2) is 88.4 Å². The van der Waals surface area contributed by atoms with Crippen molar-refractivity contribution in [3.05, 3.63) is 89.5 Å². The topological polar surface area (TPSA) is 137 Å². The molecule has 0 spiro atoms. The van der Waals surface area contributed by atoms with Crippen LogP contribution in [-0.4, -0.2) is 35.4 Å². The number of nitrogens with one attached hydrogen (secondary N) is 3. The van der Waals surface area contributed by atoms with Crippen molar-refractivity contribution in [2.24, 2.45) is 15.7 Å². The fraction of sp³-hybridized carbons (Fsp3) is 0.125. The molecule has 1 aliphatic heterocycles. The monoisotopic (exact) mass is 428 g/mol. The smallest absolute Gasteiger partial charge is 0.291 e. The third kappa shape index (κ3) is 5.42. The molecule has 1 aliphatic rings. The highest BCUT2D eigenvalue weighted by atomic mass is 16.5. The number of anilines is 1. The van der Waals surface area contributed by atoms with Crippen molar-refractivity contribution in [2.45, 2.75) is 20.0 Å². The molecular formula is C24H24N6O2. The lowest BCUT2D eigenvalue weighted by Crippen LogP contribution is -2.29. The van der Waals surface area contributed by atoms with E-state index in [1.165, 1.54) is 6.08 Å². The Hall–Kier alpha value is -4.33. The zero-order chi connectivity index (χ0) is 23.1. The Morgan fingerprint density at radius 1 is 1.12 bits per heavy atom. The number of hydrogen-bond donors (Lipinski definition) is 4. The van der Waals surface area contributed by atoms with Crippen molar-refractivity contribution in [2.75, 3.05) is 5.32 Å². The number of hydrogen-bond acceptors (Lipinski definition) is 6. The molecule has 0 saturated carbocycles. The van der Waals surface area contributed by atoms with Crippen LogP contribution in [0.2, 0.25) is 0 Å². The first-order valence-corrected chi connectivity index (χ1v) is 9.92. The van der Waals surface area contributed by atoms with Gasteiger partial charge in [0.1, 0.15) is 0 Å². The van der Waals surface area contributed by atoms with Crippen LogP contribution in [0.1, 0.15) is 25.0 Å². The van der Waals surface area contributed by atoms with E-state index in [-0.39, 0.29) is 11.9 Å². The summed E-state index contributed by atoms with van der Waals surface area (Å²) < 4.78 is 5.32. The SMILES string of the molecule is C/C=C(/C=C\C(C)=N)C(=N)OC(N)=NC1N=C(c2ccccc2)c2ccccc2NC1=O. The largest absolute Gasteiger partial charge is 0.407 e. The number of para-hydroxylation sites is 1. The summed E-state index contributed by atoms with van der Waals surface area (Å²) in [4.78, 5) is 21.5. The van der Waals surface area contributed by atoms with Crippen molar-refractivity contribution >= 4 is 34.9 Å². The third-order valence-electron chi connectivity index (χ3n) is 4.52. The van der Waals surface area contributed by atoms with Crippen LogP contribution < -0.4 is 11.1 Å². The van der Waals surface area contributed by atoms with Gasteiger partial charge in [-0.1, -0.05) is 54.6 Å². The van der Waals surface area contributed by atoms with Gasteiger partial charge in [0.2, 0.25) is 12.1 Å². The molecule has 162 valence electrons. The van der Waals surface area contributed by atoms with E-state index >= 15 is 0 Å². The fourth-order valence-electron chi connectivity index (χ4n) is 2.99. The van der Waals surface area contributed by atoms with Gasteiger partial charge in [-0.05, 0) is 32.1 Å². The molecule has 0 bridgehead atoms. The Morgan fingerprint density at radius 2 is 1.81 bits per heavy atom. The lowest BCUT2D eigenvalue weighted by Gasteiger charge is -2.10. The van der Waals surface area contributed by atoms with Crippen molar-refractivity contribution in [3.63, 3.8) is 0 Å². The number of allylic oxidation sites excluding steroid dienone is 2. The molecule has 0 fully saturated rings. The van der Waals surface area contributed by atoms with Gasteiger partial charge >= 0.3 is 0 Å². The minimum absolute atomic E-state index is 0.254. The molecule has 5 N–H and O–H groups in total. The summed E-state index contributed by atoms with van der Waals surface area (Å²) in [5, 5.41) is 18.4. The normalized spacial score (nSPS) is 16.6. The van der Waals surface area contributed by atoms with E-state index in [2.05, 4.69) is 15.3 Å². The van der Waals surface area contributed by atoms with Crippen LogP contribution in [0.5, 0.6) is 0 Å². The van der Waals surface area contributed by atoms with E-state index < -0.39 is 12.1 Å². The number of carbonyl (C=O) groups is 1. The molecule has 0 saturated heterocycles. The quantitative estimate of drug-likeness (QED) is 0.329. The number of ether oxygens (including phenoxy) is 1. The Kier molecular flexibility index (Phi) is 7.07. The van der Waals surface area contributed by atoms with Crippen LogP contribution in [-0.2, 0) is 9.53 Å². The van der Waals surface area contributed by atoms with E-state index in [0.717, 1.165) is 11.1 Å². The Bertz CT molecular complexity index is 1160. The third-order valence-corrected chi connectivity index (χ3v) is 4.52. The molecule has 2 aromatic rings. The van der Waals surface area contributed by atoms with Crippen LogP contribution in [0.25, 0.3) is 0 Å². The molecule has 1 atom stereocenters. The summed E-state index contributed by atoms with van der Waals surface area (Å²) in [6.07, 6.45) is 3.56. The van der Waals surface area contributed by atoms with Gasteiger partial charge in [-0.15, -0.1) is 0 Å². The van der Waals surface area contributed by atoms with E-state index in [1.807, 2.05) is 48.5 Å². The van der Waals surface area contributed by atoms with Gasteiger partial charge < -0.3 is 21.2 Å². The van der Waals surface area contributed by atoms with Crippen molar-refractivity contribution in [3.8, 4) is 0 Å². The van der Waals surface area contributed by atoms with Gasteiger partial charge in [-0.25, -0.2) is 4.99 Å².